The first kappa shape index (κ1) is 19.4. The Kier molecular flexibility index (Phi) is 5.76. The van der Waals surface area contributed by atoms with E-state index in [1.54, 1.807) is 23.9 Å². The highest BCUT2D eigenvalue weighted by atomic mass is 32.1. The van der Waals surface area contributed by atoms with Crippen LogP contribution in [-0.2, 0) is 6.54 Å². The number of benzene rings is 1. The molecule has 7 heteroatoms. The van der Waals surface area contributed by atoms with Crippen molar-refractivity contribution in [2.75, 3.05) is 20.2 Å². The molecule has 1 aliphatic heterocycles. The molecule has 3 aromatic rings. The minimum Gasteiger partial charge on any atom is -0.497 e. The second-order valence-electron chi connectivity index (χ2n) is 7.18. The van der Waals surface area contributed by atoms with E-state index >= 15 is 0 Å². The molecule has 0 radical (unpaired) electrons. The maximum Gasteiger partial charge on any atom is 0.266 e. The first-order valence-corrected chi connectivity index (χ1v) is 10.6. The molecule has 1 saturated heterocycles. The summed E-state index contributed by atoms with van der Waals surface area (Å²) >= 11 is 1.48. The van der Waals surface area contributed by atoms with Gasteiger partial charge in [0, 0.05) is 31.3 Å². The minimum atomic E-state index is -0.0978. The first-order valence-electron chi connectivity index (χ1n) is 9.69. The fraction of sp³-hybridized carbons (Fsp3) is 0.318. The van der Waals surface area contributed by atoms with Crippen LogP contribution in [0.4, 0.5) is 0 Å². The summed E-state index contributed by atoms with van der Waals surface area (Å²) in [5, 5.41) is 6.50. The molecule has 0 atom stereocenters. The fourth-order valence-corrected chi connectivity index (χ4v) is 4.31. The summed E-state index contributed by atoms with van der Waals surface area (Å²) in [5.41, 5.74) is 1.60. The van der Waals surface area contributed by atoms with E-state index in [-0.39, 0.29) is 11.5 Å². The van der Waals surface area contributed by atoms with E-state index in [2.05, 4.69) is 5.10 Å². The molecule has 4 rings (SSSR count). The number of rotatable bonds is 5. The number of likely N-dealkylation sites (tertiary alicyclic amines) is 1. The molecule has 0 unspecified atom stereocenters. The summed E-state index contributed by atoms with van der Waals surface area (Å²) in [7, 11) is 1.63. The number of aromatic nitrogens is 2. The van der Waals surface area contributed by atoms with Gasteiger partial charge >= 0.3 is 0 Å². The van der Waals surface area contributed by atoms with Crippen molar-refractivity contribution < 1.29 is 9.53 Å². The van der Waals surface area contributed by atoms with Gasteiger partial charge < -0.3 is 9.64 Å². The van der Waals surface area contributed by atoms with Crippen LogP contribution in [-0.4, -0.2) is 40.8 Å². The summed E-state index contributed by atoms with van der Waals surface area (Å²) in [6.07, 6.45) is 1.75. The van der Waals surface area contributed by atoms with Gasteiger partial charge in [0.05, 0.1) is 17.7 Å². The lowest BCUT2D eigenvalue weighted by Gasteiger charge is -2.31. The molecular weight excluding hydrogens is 386 g/mol. The van der Waals surface area contributed by atoms with Crippen LogP contribution in [0.5, 0.6) is 5.75 Å². The lowest BCUT2D eigenvalue weighted by Crippen LogP contribution is -2.40. The number of carbonyl (C=O) groups is 1. The average molecular weight is 410 g/mol. The molecule has 1 fully saturated rings. The number of nitrogens with zero attached hydrogens (tertiary/aromatic N) is 3. The molecule has 3 heterocycles. The molecule has 1 aliphatic rings. The van der Waals surface area contributed by atoms with Crippen molar-refractivity contribution in [1.29, 1.82) is 0 Å². The fourth-order valence-electron chi connectivity index (χ4n) is 3.61. The third-order valence-corrected chi connectivity index (χ3v) is 6.18. The second-order valence-corrected chi connectivity index (χ2v) is 8.13. The van der Waals surface area contributed by atoms with Crippen LogP contribution in [0.2, 0.25) is 0 Å². The van der Waals surface area contributed by atoms with Gasteiger partial charge in [-0.15, -0.1) is 11.3 Å². The Labute approximate surface area is 173 Å². The van der Waals surface area contributed by atoms with Crippen molar-refractivity contribution in [3.05, 3.63) is 69.1 Å². The van der Waals surface area contributed by atoms with Gasteiger partial charge in [-0.2, -0.15) is 5.10 Å². The van der Waals surface area contributed by atoms with Crippen LogP contribution in [0, 0.1) is 5.92 Å². The van der Waals surface area contributed by atoms with E-state index in [1.807, 2.05) is 46.7 Å². The van der Waals surface area contributed by atoms with Crippen molar-refractivity contribution in [3.63, 3.8) is 0 Å². The smallest absolute Gasteiger partial charge is 0.266 e. The Morgan fingerprint density at radius 2 is 1.90 bits per heavy atom. The summed E-state index contributed by atoms with van der Waals surface area (Å²) in [6, 6.07) is 14.7. The second kappa shape index (κ2) is 8.61. The predicted molar refractivity (Wildman–Crippen MR) is 113 cm³/mol. The summed E-state index contributed by atoms with van der Waals surface area (Å²) in [4.78, 5) is 27.5. The Balaban J connectivity index is 1.42. The summed E-state index contributed by atoms with van der Waals surface area (Å²) in [5.74, 6) is 1.22. The Hall–Kier alpha value is -2.93. The molecule has 0 spiro atoms. The number of carbonyl (C=O) groups excluding carboxylic acids is 1. The van der Waals surface area contributed by atoms with Crippen molar-refractivity contribution >= 4 is 17.2 Å². The monoisotopic (exact) mass is 409 g/mol. The molecule has 29 heavy (non-hydrogen) atoms. The third-order valence-electron chi connectivity index (χ3n) is 5.32. The van der Waals surface area contributed by atoms with Crippen molar-refractivity contribution in [2.45, 2.75) is 19.4 Å². The molecule has 0 saturated carbocycles. The molecule has 2 aromatic heterocycles. The van der Waals surface area contributed by atoms with E-state index < -0.39 is 0 Å². The molecule has 1 aromatic carbocycles. The first-order chi connectivity index (χ1) is 14.1. The number of methoxy groups -OCH3 is 1. The van der Waals surface area contributed by atoms with E-state index in [1.165, 1.54) is 11.3 Å². The van der Waals surface area contributed by atoms with Crippen LogP contribution in [0.25, 0.3) is 11.3 Å². The highest BCUT2D eigenvalue weighted by Crippen LogP contribution is 2.23. The number of piperidine rings is 1. The van der Waals surface area contributed by atoms with Crippen LogP contribution in [0.3, 0.4) is 0 Å². The number of thiophene rings is 1. The lowest BCUT2D eigenvalue weighted by atomic mass is 9.96. The lowest BCUT2D eigenvalue weighted by molar-refractivity contribution is 0.0685. The normalized spacial score (nSPS) is 14.7. The van der Waals surface area contributed by atoms with Gasteiger partial charge in [-0.25, -0.2) is 4.68 Å². The van der Waals surface area contributed by atoms with Gasteiger partial charge in [-0.3, -0.25) is 9.59 Å². The van der Waals surface area contributed by atoms with Crippen molar-refractivity contribution in [3.8, 4) is 17.0 Å². The van der Waals surface area contributed by atoms with E-state index in [4.69, 9.17) is 4.74 Å². The van der Waals surface area contributed by atoms with Gasteiger partial charge in [0.1, 0.15) is 5.75 Å². The van der Waals surface area contributed by atoms with Gasteiger partial charge in [0.2, 0.25) is 0 Å². The Morgan fingerprint density at radius 3 is 2.55 bits per heavy atom. The number of hydrogen-bond donors (Lipinski definition) is 0. The molecule has 0 N–H and O–H groups in total. The van der Waals surface area contributed by atoms with Gasteiger partial charge in [-0.1, -0.05) is 6.07 Å². The molecule has 150 valence electrons. The van der Waals surface area contributed by atoms with Gasteiger partial charge in [0.15, 0.2) is 0 Å². The minimum absolute atomic E-state index is 0.0978. The van der Waals surface area contributed by atoms with Gasteiger partial charge in [-0.05, 0) is 60.5 Å². The molecule has 0 aliphatic carbocycles. The predicted octanol–water partition coefficient (Wildman–Crippen LogP) is 3.53. The summed E-state index contributed by atoms with van der Waals surface area (Å²) in [6.45, 7) is 2.01. The SMILES string of the molecule is COc1ccc(-c2ccc(=O)n(CC3CCN(C(=O)c4cccs4)CC3)n2)cc1. The van der Waals surface area contributed by atoms with E-state index in [0.29, 0.717) is 25.6 Å². The standard InChI is InChI=1S/C22H23N3O3S/c1-28-18-6-4-17(5-7-18)19-8-9-21(26)25(23-19)15-16-10-12-24(13-11-16)22(27)20-3-2-14-29-20/h2-9,14,16H,10-13,15H2,1H3. The molecule has 6 nitrogen and oxygen atoms in total. The number of amides is 1. The highest BCUT2D eigenvalue weighted by molar-refractivity contribution is 7.12. The molecule has 1 amide bonds. The third kappa shape index (κ3) is 4.40. The topological polar surface area (TPSA) is 64.4 Å². The van der Waals surface area contributed by atoms with Crippen molar-refractivity contribution in [2.24, 2.45) is 5.92 Å². The van der Waals surface area contributed by atoms with Crippen LogP contribution in [0.1, 0.15) is 22.5 Å². The Bertz CT molecular complexity index is 1020. The quantitative estimate of drug-likeness (QED) is 0.647. The number of hydrogen-bond acceptors (Lipinski definition) is 5. The van der Waals surface area contributed by atoms with Crippen LogP contribution in [0.15, 0.2) is 58.7 Å². The van der Waals surface area contributed by atoms with Crippen LogP contribution >= 0.6 is 11.3 Å². The average Bonchev–Trinajstić information content (AvgIpc) is 3.30. The highest BCUT2D eigenvalue weighted by Gasteiger charge is 2.24. The van der Waals surface area contributed by atoms with E-state index in [0.717, 1.165) is 34.7 Å². The summed E-state index contributed by atoms with van der Waals surface area (Å²) < 4.78 is 6.75. The zero-order valence-electron chi connectivity index (χ0n) is 16.3. The number of ether oxygens (including phenoxy) is 1. The zero-order chi connectivity index (χ0) is 20.2. The molecule has 0 bridgehead atoms. The van der Waals surface area contributed by atoms with Crippen LogP contribution < -0.4 is 10.3 Å². The molecular formula is C22H23N3O3S. The Morgan fingerprint density at radius 1 is 1.14 bits per heavy atom. The maximum absolute atomic E-state index is 12.5. The van der Waals surface area contributed by atoms with E-state index in [9.17, 15) is 9.59 Å². The maximum atomic E-state index is 12.5. The largest absolute Gasteiger partial charge is 0.497 e. The van der Waals surface area contributed by atoms with Gasteiger partial charge in [0.25, 0.3) is 11.5 Å². The zero-order valence-corrected chi connectivity index (χ0v) is 17.1. The van der Waals surface area contributed by atoms with Crippen molar-refractivity contribution in [1.82, 2.24) is 14.7 Å².